The summed E-state index contributed by atoms with van der Waals surface area (Å²) in [6.45, 7) is 11.1. The molecule has 37 heavy (non-hydrogen) atoms. The molecule has 1 atom stereocenters. The highest BCUT2D eigenvalue weighted by Gasteiger charge is 2.38. The normalized spacial score (nSPS) is 19.8. The number of carbonyl (C=O) groups is 2. The zero-order valence-electron chi connectivity index (χ0n) is 22.1. The van der Waals surface area contributed by atoms with Gasteiger partial charge in [0.2, 0.25) is 5.91 Å². The number of nitrogens with two attached hydrogens (primary N) is 1. The maximum Gasteiger partial charge on any atom is 0.314 e. The van der Waals surface area contributed by atoms with Gasteiger partial charge in [-0.15, -0.1) is 0 Å². The highest BCUT2D eigenvalue weighted by Crippen LogP contribution is 2.33. The van der Waals surface area contributed by atoms with Crippen LogP contribution in [0.1, 0.15) is 45.6 Å². The van der Waals surface area contributed by atoms with Crippen molar-refractivity contribution in [3.63, 3.8) is 0 Å². The molecule has 0 spiro atoms. The maximum absolute atomic E-state index is 13.5. The Balaban J connectivity index is 1.44. The molecule has 8 heteroatoms. The summed E-state index contributed by atoms with van der Waals surface area (Å²) < 4.78 is 0. The minimum Gasteiger partial charge on any atom is -0.351 e. The lowest BCUT2D eigenvalue weighted by molar-refractivity contribution is -0.141. The van der Waals surface area contributed by atoms with E-state index in [-0.39, 0.29) is 23.4 Å². The molecule has 2 saturated heterocycles. The fraction of sp³-hybridized carbons (Fsp3) is 0.517. The number of piperazine rings is 1. The standard InChI is InChI=1S/C29H38Cl2N4O2/c1-29(2,3)26-19-33(14-15-35(26)27(36)16-20-10-12-34(13-11-20)28(32)37)18-22-6-4-5-7-23(22)21-8-9-24(30)25(31)17-21/h4-9,17,20,26H,10-16,18-19H2,1-3H3,(H2,32,37). The average Bonchev–Trinajstić information content (AvgIpc) is 2.86. The van der Waals surface area contributed by atoms with Crippen LogP contribution in [0.3, 0.4) is 0 Å². The lowest BCUT2D eigenvalue weighted by Crippen LogP contribution is -2.59. The summed E-state index contributed by atoms with van der Waals surface area (Å²) >= 11 is 12.5. The number of benzene rings is 2. The van der Waals surface area contributed by atoms with Gasteiger partial charge >= 0.3 is 6.03 Å². The number of hydrogen-bond acceptors (Lipinski definition) is 3. The van der Waals surface area contributed by atoms with Crippen molar-refractivity contribution in [2.75, 3.05) is 32.7 Å². The van der Waals surface area contributed by atoms with Crippen LogP contribution in [0, 0.1) is 11.3 Å². The summed E-state index contributed by atoms with van der Waals surface area (Å²) in [4.78, 5) is 31.2. The van der Waals surface area contributed by atoms with Gasteiger partial charge in [-0.1, -0.05) is 74.3 Å². The molecule has 2 N–H and O–H groups in total. The molecule has 2 aromatic carbocycles. The van der Waals surface area contributed by atoms with E-state index in [0.717, 1.165) is 50.1 Å². The average molecular weight is 546 g/mol. The topological polar surface area (TPSA) is 69.9 Å². The zero-order chi connectivity index (χ0) is 26.7. The van der Waals surface area contributed by atoms with Gasteiger partial charge < -0.3 is 15.5 Å². The van der Waals surface area contributed by atoms with Gasteiger partial charge in [-0.2, -0.15) is 0 Å². The molecule has 0 aliphatic carbocycles. The van der Waals surface area contributed by atoms with Gasteiger partial charge in [0.15, 0.2) is 0 Å². The van der Waals surface area contributed by atoms with E-state index < -0.39 is 0 Å². The molecule has 2 aromatic rings. The van der Waals surface area contributed by atoms with Crippen LogP contribution in [0.25, 0.3) is 11.1 Å². The van der Waals surface area contributed by atoms with Gasteiger partial charge in [-0.3, -0.25) is 9.69 Å². The summed E-state index contributed by atoms with van der Waals surface area (Å²) in [5, 5.41) is 1.10. The van der Waals surface area contributed by atoms with E-state index in [1.165, 1.54) is 5.56 Å². The minimum absolute atomic E-state index is 0.0487. The third-order valence-electron chi connectivity index (χ3n) is 7.82. The quantitative estimate of drug-likeness (QED) is 0.509. The second-order valence-corrected chi connectivity index (χ2v) is 12.3. The Labute approximate surface area is 230 Å². The van der Waals surface area contributed by atoms with Crippen molar-refractivity contribution in [1.29, 1.82) is 0 Å². The maximum atomic E-state index is 13.5. The van der Waals surface area contributed by atoms with E-state index in [0.29, 0.717) is 35.5 Å². The van der Waals surface area contributed by atoms with E-state index >= 15 is 0 Å². The monoisotopic (exact) mass is 544 g/mol. The molecule has 2 heterocycles. The van der Waals surface area contributed by atoms with E-state index in [1.807, 2.05) is 24.3 Å². The summed E-state index contributed by atoms with van der Waals surface area (Å²) in [6, 6.07) is 13.9. The van der Waals surface area contributed by atoms with Crippen LogP contribution >= 0.6 is 23.2 Å². The van der Waals surface area contributed by atoms with Crippen LogP contribution in [0.15, 0.2) is 42.5 Å². The molecule has 2 aliphatic rings. The van der Waals surface area contributed by atoms with Crippen molar-refractivity contribution >= 4 is 35.1 Å². The number of halogens is 2. The number of hydrogen-bond donors (Lipinski definition) is 1. The number of primary amides is 1. The van der Waals surface area contributed by atoms with Gasteiger partial charge in [0, 0.05) is 51.7 Å². The Morgan fingerprint density at radius 1 is 0.973 bits per heavy atom. The largest absolute Gasteiger partial charge is 0.351 e. The zero-order valence-corrected chi connectivity index (χ0v) is 23.6. The second kappa shape index (κ2) is 11.6. The number of urea groups is 1. The molecule has 200 valence electrons. The van der Waals surface area contributed by atoms with Crippen molar-refractivity contribution < 1.29 is 9.59 Å². The summed E-state index contributed by atoms with van der Waals surface area (Å²) in [7, 11) is 0. The molecule has 3 amide bonds. The molecular formula is C29H38Cl2N4O2. The fourth-order valence-corrected chi connectivity index (χ4v) is 5.89. The van der Waals surface area contributed by atoms with E-state index in [9.17, 15) is 9.59 Å². The molecule has 2 aliphatic heterocycles. The number of carbonyl (C=O) groups excluding carboxylic acids is 2. The third kappa shape index (κ3) is 6.78. The van der Waals surface area contributed by atoms with Crippen molar-refractivity contribution in [3.05, 3.63) is 58.1 Å². The lowest BCUT2D eigenvalue weighted by atomic mass is 9.83. The highest BCUT2D eigenvalue weighted by molar-refractivity contribution is 6.42. The summed E-state index contributed by atoms with van der Waals surface area (Å²) in [5.41, 5.74) is 8.80. The number of amides is 3. The SMILES string of the molecule is CC(C)(C)C1CN(Cc2ccccc2-c2ccc(Cl)c(Cl)c2)CCN1C(=O)CC1CCN(C(N)=O)CC1. The number of piperidine rings is 1. The van der Waals surface area contributed by atoms with Crippen molar-refractivity contribution in [2.45, 2.75) is 52.6 Å². The first-order valence-corrected chi connectivity index (χ1v) is 13.9. The Hall–Kier alpha value is -2.28. The predicted molar refractivity (Wildman–Crippen MR) is 151 cm³/mol. The smallest absolute Gasteiger partial charge is 0.314 e. The molecule has 6 nitrogen and oxygen atoms in total. The molecule has 1 unspecified atom stereocenters. The van der Waals surface area contributed by atoms with Crippen molar-refractivity contribution in [2.24, 2.45) is 17.1 Å². The number of likely N-dealkylation sites (tertiary alicyclic amines) is 1. The lowest BCUT2D eigenvalue weighted by Gasteiger charge is -2.48. The van der Waals surface area contributed by atoms with Crippen LogP contribution in [-0.2, 0) is 11.3 Å². The van der Waals surface area contributed by atoms with E-state index in [2.05, 4.69) is 48.8 Å². The number of nitrogens with zero attached hydrogens (tertiary/aromatic N) is 3. The first kappa shape index (κ1) is 27.7. The summed E-state index contributed by atoms with van der Waals surface area (Å²) in [6.07, 6.45) is 2.21. The Kier molecular flexibility index (Phi) is 8.72. The van der Waals surface area contributed by atoms with Gasteiger partial charge in [-0.25, -0.2) is 4.79 Å². The minimum atomic E-state index is -0.366. The molecule has 4 rings (SSSR count). The van der Waals surface area contributed by atoms with Crippen LogP contribution in [0.4, 0.5) is 4.79 Å². The van der Waals surface area contributed by atoms with Crippen LogP contribution in [0.2, 0.25) is 10.0 Å². The van der Waals surface area contributed by atoms with Crippen LogP contribution in [0.5, 0.6) is 0 Å². The van der Waals surface area contributed by atoms with E-state index in [4.69, 9.17) is 28.9 Å². The molecule has 0 aromatic heterocycles. The van der Waals surface area contributed by atoms with E-state index in [1.54, 1.807) is 4.90 Å². The first-order valence-electron chi connectivity index (χ1n) is 13.1. The molecule has 2 fully saturated rings. The van der Waals surface area contributed by atoms with Crippen LogP contribution in [-0.4, -0.2) is 65.4 Å². The Morgan fingerprint density at radius 2 is 1.68 bits per heavy atom. The van der Waals surface area contributed by atoms with Gasteiger partial charge in [0.25, 0.3) is 0 Å². The Morgan fingerprint density at radius 3 is 2.32 bits per heavy atom. The summed E-state index contributed by atoms with van der Waals surface area (Å²) in [5.74, 6) is 0.535. The highest BCUT2D eigenvalue weighted by atomic mass is 35.5. The molecule has 0 saturated carbocycles. The van der Waals surface area contributed by atoms with Gasteiger partial charge in [-0.05, 0) is 53.0 Å². The molecule has 0 radical (unpaired) electrons. The van der Waals surface area contributed by atoms with Crippen molar-refractivity contribution in [3.8, 4) is 11.1 Å². The molecule has 0 bridgehead atoms. The Bertz CT molecular complexity index is 1130. The van der Waals surface area contributed by atoms with Crippen molar-refractivity contribution in [1.82, 2.24) is 14.7 Å². The van der Waals surface area contributed by atoms with Gasteiger partial charge in [0.05, 0.1) is 10.0 Å². The number of rotatable bonds is 5. The first-order chi connectivity index (χ1) is 17.5. The van der Waals surface area contributed by atoms with Gasteiger partial charge in [0.1, 0.15) is 0 Å². The fourth-order valence-electron chi connectivity index (χ4n) is 5.59. The third-order valence-corrected chi connectivity index (χ3v) is 8.55. The van der Waals surface area contributed by atoms with Crippen LogP contribution < -0.4 is 5.73 Å². The predicted octanol–water partition coefficient (Wildman–Crippen LogP) is 5.90. The molecular weight excluding hydrogens is 507 g/mol. The second-order valence-electron chi connectivity index (χ2n) is 11.5.